The van der Waals surface area contributed by atoms with Crippen molar-refractivity contribution in [2.24, 2.45) is 10.8 Å². The van der Waals surface area contributed by atoms with Gasteiger partial charge in [-0.2, -0.15) is 0 Å². The van der Waals surface area contributed by atoms with Crippen LogP contribution in [-0.4, -0.2) is 13.1 Å². The SMILES string of the molecule is COC(=O)C1=CCC(C(C)(C)CC/C=C(\C)C(C)(C)C)=CC1. The molecule has 0 heterocycles. The molecule has 0 spiro atoms. The Hall–Kier alpha value is -1.31. The van der Waals surface area contributed by atoms with Gasteiger partial charge in [0.1, 0.15) is 0 Å². The lowest BCUT2D eigenvalue weighted by molar-refractivity contribution is -0.136. The highest BCUT2D eigenvalue weighted by atomic mass is 16.5. The molecule has 0 radical (unpaired) electrons. The van der Waals surface area contributed by atoms with Crippen LogP contribution >= 0.6 is 0 Å². The summed E-state index contributed by atoms with van der Waals surface area (Å²) in [5.41, 5.74) is 4.10. The average Bonchev–Trinajstić information content (AvgIpc) is 2.45. The number of allylic oxidation sites excluding steroid dienone is 5. The van der Waals surface area contributed by atoms with Gasteiger partial charge in [0.25, 0.3) is 0 Å². The molecule has 1 rings (SSSR count). The Kier molecular flexibility index (Phi) is 6.22. The maximum Gasteiger partial charge on any atom is 0.333 e. The van der Waals surface area contributed by atoms with E-state index in [1.165, 1.54) is 18.3 Å². The third-order valence-corrected chi connectivity index (χ3v) is 4.86. The van der Waals surface area contributed by atoms with Gasteiger partial charge >= 0.3 is 5.97 Å². The highest BCUT2D eigenvalue weighted by Crippen LogP contribution is 2.37. The van der Waals surface area contributed by atoms with E-state index in [1.54, 1.807) is 0 Å². The number of esters is 1. The number of rotatable bonds is 5. The van der Waals surface area contributed by atoms with Crippen LogP contribution in [0.1, 0.15) is 67.2 Å². The van der Waals surface area contributed by atoms with Crippen LogP contribution in [0.2, 0.25) is 0 Å². The van der Waals surface area contributed by atoms with Crippen LogP contribution in [0.4, 0.5) is 0 Å². The molecule has 124 valence electrons. The molecule has 0 aromatic heterocycles. The van der Waals surface area contributed by atoms with E-state index < -0.39 is 0 Å². The second-order valence-corrected chi connectivity index (χ2v) is 7.92. The number of carbonyl (C=O) groups is 1. The summed E-state index contributed by atoms with van der Waals surface area (Å²) in [5.74, 6) is -0.197. The van der Waals surface area contributed by atoms with Crippen molar-refractivity contribution in [2.45, 2.75) is 67.2 Å². The molecule has 0 N–H and O–H groups in total. The molecule has 0 aromatic carbocycles. The normalized spacial score (nSPS) is 17.0. The maximum atomic E-state index is 11.5. The lowest BCUT2D eigenvalue weighted by Gasteiger charge is -2.30. The van der Waals surface area contributed by atoms with Gasteiger partial charge < -0.3 is 4.74 Å². The smallest absolute Gasteiger partial charge is 0.333 e. The molecule has 0 unspecified atom stereocenters. The first kappa shape index (κ1) is 18.7. The standard InChI is InChI=1S/C20H32O2/c1-15(19(2,3)4)9-8-14-20(5,6)17-12-10-16(11-13-17)18(21)22-7/h9-10,13H,8,11-12,14H2,1-7H3/b15-9+. The van der Waals surface area contributed by atoms with Gasteiger partial charge in [0, 0.05) is 5.57 Å². The number of hydrogen-bond acceptors (Lipinski definition) is 2. The van der Waals surface area contributed by atoms with Gasteiger partial charge in [-0.15, -0.1) is 0 Å². The summed E-state index contributed by atoms with van der Waals surface area (Å²) in [5, 5.41) is 0. The zero-order valence-electron chi connectivity index (χ0n) is 15.4. The second-order valence-electron chi connectivity index (χ2n) is 7.92. The summed E-state index contributed by atoms with van der Waals surface area (Å²) in [4.78, 5) is 11.5. The first-order valence-corrected chi connectivity index (χ1v) is 8.22. The minimum Gasteiger partial charge on any atom is -0.466 e. The van der Waals surface area contributed by atoms with Gasteiger partial charge in [-0.05, 0) is 43.4 Å². The minimum absolute atomic E-state index is 0.173. The van der Waals surface area contributed by atoms with Crippen LogP contribution in [0.5, 0.6) is 0 Å². The van der Waals surface area contributed by atoms with Crippen LogP contribution in [0.15, 0.2) is 34.9 Å². The maximum absolute atomic E-state index is 11.5. The Labute approximate surface area is 136 Å². The van der Waals surface area contributed by atoms with Crippen LogP contribution in [-0.2, 0) is 9.53 Å². The van der Waals surface area contributed by atoms with Crippen molar-refractivity contribution in [2.75, 3.05) is 7.11 Å². The summed E-state index contributed by atoms with van der Waals surface area (Å²) in [6.07, 6.45) is 10.4. The van der Waals surface area contributed by atoms with Gasteiger partial charge in [0.15, 0.2) is 0 Å². The lowest BCUT2D eigenvalue weighted by atomic mass is 9.75. The Morgan fingerprint density at radius 2 is 1.82 bits per heavy atom. The number of hydrogen-bond donors (Lipinski definition) is 0. The van der Waals surface area contributed by atoms with Crippen molar-refractivity contribution in [3.05, 3.63) is 34.9 Å². The van der Waals surface area contributed by atoms with E-state index in [4.69, 9.17) is 4.74 Å². The molecule has 0 amide bonds. The predicted octanol–water partition coefficient (Wildman–Crippen LogP) is 5.60. The zero-order valence-corrected chi connectivity index (χ0v) is 15.4. The summed E-state index contributed by atoms with van der Waals surface area (Å²) >= 11 is 0. The first-order valence-electron chi connectivity index (χ1n) is 8.22. The molecule has 0 aromatic rings. The molecule has 0 atom stereocenters. The van der Waals surface area contributed by atoms with Crippen LogP contribution in [0, 0.1) is 10.8 Å². The molecule has 2 nitrogen and oxygen atoms in total. The number of methoxy groups -OCH3 is 1. The van der Waals surface area contributed by atoms with Gasteiger partial charge in [0.2, 0.25) is 0 Å². The summed E-state index contributed by atoms with van der Waals surface area (Å²) in [7, 11) is 1.44. The third-order valence-electron chi connectivity index (χ3n) is 4.86. The molecule has 1 aliphatic rings. The fraction of sp³-hybridized carbons (Fsp3) is 0.650. The van der Waals surface area contributed by atoms with Gasteiger partial charge in [-0.3, -0.25) is 0 Å². The molecule has 0 bridgehead atoms. The predicted molar refractivity (Wildman–Crippen MR) is 93.6 cm³/mol. The highest BCUT2D eigenvalue weighted by molar-refractivity contribution is 5.89. The summed E-state index contributed by atoms with van der Waals surface area (Å²) in [6, 6.07) is 0. The van der Waals surface area contributed by atoms with Crippen molar-refractivity contribution >= 4 is 5.97 Å². The van der Waals surface area contributed by atoms with E-state index in [2.05, 4.69) is 53.7 Å². The molecule has 22 heavy (non-hydrogen) atoms. The molecule has 0 fully saturated rings. The van der Waals surface area contributed by atoms with E-state index in [0.29, 0.717) is 6.42 Å². The van der Waals surface area contributed by atoms with E-state index >= 15 is 0 Å². The zero-order chi connectivity index (χ0) is 17.0. The van der Waals surface area contributed by atoms with E-state index in [0.717, 1.165) is 24.8 Å². The van der Waals surface area contributed by atoms with Crippen molar-refractivity contribution in [1.29, 1.82) is 0 Å². The average molecular weight is 304 g/mol. The van der Waals surface area contributed by atoms with E-state index in [9.17, 15) is 4.79 Å². The van der Waals surface area contributed by atoms with Crippen molar-refractivity contribution in [3.63, 3.8) is 0 Å². The van der Waals surface area contributed by atoms with Crippen molar-refractivity contribution in [1.82, 2.24) is 0 Å². The van der Waals surface area contributed by atoms with Gasteiger partial charge in [-0.25, -0.2) is 4.79 Å². The molecular weight excluding hydrogens is 272 g/mol. The number of carbonyl (C=O) groups excluding carboxylic acids is 1. The Morgan fingerprint density at radius 1 is 1.18 bits per heavy atom. The summed E-state index contributed by atoms with van der Waals surface area (Å²) in [6.45, 7) is 13.6. The molecule has 2 heteroatoms. The quantitative estimate of drug-likeness (QED) is 0.488. The third kappa shape index (κ3) is 5.15. The molecular formula is C20H32O2. The Morgan fingerprint density at radius 3 is 2.27 bits per heavy atom. The summed E-state index contributed by atoms with van der Waals surface area (Å²) < 4.78 is 4.79. The molecule has 1 aliphatic carbocycles. The molecule has 0 saturated heterocycles. The molecule has 0 aliphatic heterocycles. The fourth-order valence-electron chi connectivity index (χ4n) is 2.60. The largest absolute Gasteiger partial charge is 0.466 e. The monoisotopic (exact) mass is 304 g/mol. The van der Waals surface area contributed by atoms with Crippen molar-refractivity contribution in [3.8, 4) is 0 Å². The van der Waals surface area contributed by atoms with Crippen molar-refractivity contribution < 1.29 is 9.53 Å². The number of ether oxygens (including phenoxy) is 1. The van der Waals surface area contributed by atoms with Gasteiger partial charge in [0.05, 0.1) is 7.11 Å². The van der Waals surface area contributed by atoms with Crippen LogP contribution in [0.25, 0.3) is 0 Å². The molecule has 0 saturated carbocycles. The Balaban J connectivity index is 2.62. The second kappa shape index (κ2) is 7.30. The van der Waals surface area contributed by atoms with Gasteiger partial charge in [-0.1, -0.05) is 64.0 Å². The minimum atomic E-state index is -0.197. The first-order chi connectivity index (χ1) is 10.1. The fourth-order valence-corrected chi connectivity index (χ4v) is 2.60. The van der Waals surface area contributed by atoms with E-state index in [-0.39, 0.29) is 16.8 Å². The van der Waals surface area contributed by atoms with Crippen LogP contribution < -0.4 is 0 Å². The highest BCUT2D eigenvalue weighted by Gasteiger charge is 2.25. The van der Waals surface area contributed by atoms with Crippen LogP contribution in [0.3, 0.4) is 0 Å². The Bertz CT molecular complexity index is 496. The lowest BCUT2D eigenvalue weighted by Crippen LogP contribution is -2.17. The topological polar surface area (TPSA) is 26.3 Å². The van der Waals surface area contributed by atoms with E-state index in [1.807, 2.05) is 6.08 Å².